The topological polar surface area (TPSA) is 86.5 Å². The molecule has 1 aliphatic rings. The van der Waals surface area contributed by atoms with E-state index >= 15 is 0 Å². The molecule has 0 spiro atoms. The van der Waals surface area contributed by atoms with Crippen LogP contribution in [0.3, 0.4) is 0 Å². The van der Waals surface area contributed by atoms with Gasteiger partial charge < -0.3 is 4.18 Å². The quantitative estimate of drug-likeness (QED) is 0.612. The Hall–Kier alpha value is -2.18. The maximum absolute atomic E-state index is 14.1. The number of hydrogen-bond donors (Lipinski definition) is 1. The van der Waals surface area contributed by atoms with Crippen LogP contribution in [0.2, 0.25) is 0 Å². The summed E-state index contributed by atoms with van der Waals surface area (Å²) >= 11 is 0. The van der Waals surface area contributed by atoms with Gasteiger partial charge in [-0.1, -0.05) is 83.0 Å². The molecule has 0 heterocycles. The molecule has 0 saturated heterocycles. The highest BCUT2D eigenvalue weighted by Gasteiger charge is 2.44. The molecular formula is C24H31NO4S. The van der Waals surface area contributed by atoms with Crippen LogP contribution in [0.15, 0.2) is 42.5 Å². The Labute approximate surface area is 179 Å². The van der Waals surface area contributed by atoms with Crippen molar-refractivity contribution in [3.05, 3.63) is 64.7 Å². The molecule has 2 aromatic carbocycles. The molecular weight excluding hydrogens is 398 g/mol. The summed E-state index contributed by atoms with van der Waals surface area (Å²) in [5.74, 6) is 0.130. The van der Waals surface area contributed by atoms with E-state index in [0.717, 1.165) is 36.8 Å². The van der Waals surface area contributed by atoms with E-state index in [1.807, 2.05) is 64.1 Å². The molecule has 2 N–H and O–H groups in total. The minimum atomic E-state index is -4.23. The molecule has 3 rings (SSSR count). The number of ketones is 1. The van der Waals surface area contributed by atoms with Gasteiger partial charge >= 0.3 is 10.3 Å². The average molecular weight is 430 g/mol. The standard InChI is InChI=1S/C24H31NO4S/c1-16(2)19-12-13-20(21(17(3)4)22(19)29-30(25,27)28)23(26)24(14-8-9-15-24)18-10-6-5-7-11-18/h5-7,10-13,16-17H,8-9,14-15H2,1-4H3,(H2,25,27,28). The van der Waals surface area contributed by atoms with Crippen molar-refractivity contribution in [1.82, 2.24) is 0 Å². The number of rotatable bonds is 7. The lowest BCUT2D eigenvalue weighted by molar-refractivity contribution is 0.0884. The lowest BCUT2D eigenvalue weighted by Gasteiger charge is -2.30. The molecule has 30 heavy (non-hydrogen) atoms. The fraction of sp³-hybridized carbons (Fsp3) is 0.458. The third kappa shape index (κ3) is 4.30. The Morgan fingerprint density at radius 1 is 0.967 bits per heavy atom. The summed E-state index contributed by atoms with van der Waals surface area (Å²) in [5, 5.41) is 5.24. The van der Waals surface area contributed by atoms with Crippen molar-refractivity contribution < 1.29 is 17.4 Å². The second kappa shape index (κ2) is 8.52. The maximum Gasteiger partial charge on any atom is 0.380 e. The molecule has 5 nitrogen and oxygen atoms in total. The van der Waals surface area contributed by atoms with Crippen LogP contribution in [-0.4, -0.2) is 14.2 Å². The van der Waals surface area contributed by atoms with E-state index in [9.17, 15) is 13.2 Å². The van der Waals surface area contributed by atoms with Gasteiger partial charge in [-0.2, -0.15) is 13.6 Å². The normalized spacial score (nSPS) is 16.2. The largest absolute Gasteiger partial charge is 0.380 e. The number of benzene rings is 2. The van der Waals surface area contributed by atoms with Gasteiger partial charge in [0.2, 0.25) is 0 Å². The van der Waals surface area contributed by atoms with E-state index in [-0.39, 0.29) is 23.4 Å². The number of hydrogen-bond acceptors (Lipinski definition) is 4. The van der Waals surface area contributed by atoms with Crippen molar-refractivity contribution in [1.29, 1.82) is 0 Å². The minimum absolute atomic E-state index is 0.0120. The summed E-state index contributed by atoms with van der Waals surface area (Å²) in [7, 11) is -4.23. The molecule has 0 bridgehead atoms. The van der Waals surface area contributed by atoms with Crippen LogP contribution in [-0.2, 0) is 15.7 Å². The fourth-order valence-electron chi connectivity index (χ4n) is 4.69. The highest BCUT2D eigenvalue weighted by molar-refractivity contribution is 7.84. The third-order valence-electron chi connectivity index (χ3n) is 6.09. The molecule has 1 aliphatic carbocycles. The molecule has 0 aromatic heterocycles. The molecule has 0 aliphatic heterocycles. The second-order valence-electron chi connectivity index (χ2n) is 8.82. The van der Waals surface area contributed by atoms with Crippen molar-refractivity contribution in [3.63, 3.8) is 0 Å². The third-order valence-corrected chi connectivity index (χ3v) is 6.49. The van der Waals surface area contributed by atoms with Crippen molar-refractivity contribution in [2.75, 3.05) is 0 Å². The number of carbonyl (C=O) groups is 1. The number of carbonyl (C=O) groups excluding carboxylic acids is 1. The van der Waals surface area contributed by atoms with Crippen molar-refractivity contribution in [2.45, 2.75) is 70.6 Å². The molecule has 0 atom stereocenters. The van der Waals surface area contributed by atoms with E-state index < -0.39 is 15.7 Å². The second-order valence-corrected chi connectivity index (χ2v) is 9.97. The van der Waals surface area contributed by atoms with Crippen molar-refractivity contribution in [3.8, 4) is 5.75 Å². The Morgan fingerprint density at radius 2 is 1.57 bits per heavy atom. The van der Waals surface area contributed by atoms with Gasteiger partial charge in [-0.25, -0.2) is 0 Å². The van der Waals surface area contributed by atoms with Crippen LogP contribution in [0.1, 0.15) is 92.3 Å². The lowest BCUT2D eigenvalue weighted by Crippen LogP contribution is -2.34. The maximum atomic E-state index is 14.1. The van der Waals surface area contributed by atoms with Crippen molar-refractivity contribution >= 4 is 16.1 Å². The summed E-state index contributed by atoms with van der Waals surface area (Å²) in [4.78, 5) is 14.1. The Balaban J connectivity index is 2.24. The number of Topliss-reactive ketones (excluding diaryl/α,β-unsaturated/α-hetero) is 1. The SMILES string of the molecule is CC(C)c1ccc(C(=O)C2(c3ccccc3)CCCC2)c(C(C)C)c1OS(N)(=O)=O. The first-order valence-electron chi connectivity index (χ1n) is 10.6. The lowest BCUT2D eigenvalue weighted by atomic mass is 9.71. The molecule has 2 aromatic rings. The Kier molecular flexibility index (Phi) is 6.39. The van der Waals surface area contributed by atoms with Crippen LogP contribution < -0.4 is 9.32 Å². The van der Waals surface area contributed by atoms with Crippen LogP contribution in [0.5, 0.6) is 5.75 Å². The summed E-state index contributed by atoms with van der Waals surface area (Å²) < 4.78 is 29.0. The number of nitrogens with two attached hydrogens (primary N) is 1. The van der Waals surface area contributed by atoms with Gasteiger partial charge in [0.25, 0.3) is 0 Å². The van der Waals surface area contributed by atoms with Gasteiger partial charge in [0.05, 0.1) is 5.41 Å². The first-order chi connectivity index (χ1) is 14.1. The summed E-state index contributed by atoms with van der Waals surface area (Å²) in [6, 6.07) is 13.5. The van der Waals surface area contributed by atoms with E-state index in [1.54, 1.807) is 6.07 Å². The van der Waals surface area contributed by atoms with Crippen LogP contribution in [0, 0.1) is 0 Å². The van der Waals surface area contributed by atoms with E-state index in [4.69, 9.17) is 9.32 Å². The van der Waals surface area contributed by atoms with Gasteiger partial charge in [0.15, 0.2) is 11.5 Å². The van der Waals surface area contributed by atoms with Crippen LogP contribution in [0.25, 0.3) is 0 Å². The molecule has 1 saturated carbocycles. The van der Waals surface area contributed by atoms with E-state index in [1.165, 1.54) is 0 Å². The van der Waals surface area contributed by atoms with Crippen molar-refractivity contribution in [2.24, 2.45) is 5.14 Å². The van der Waals surface area contributed by atoms with E-state index in [0.29, 0.717) is 11.1 Å². The zero-order chi connectivity index (χ0) is 22.1. The highest BCUT2D eigenvalue weighted by Crippen LogP contribution is 2.46. The van der Waals surface area contributed by atoms with Crippen LogP contribution >= 0.6 is 0 Å². The fourth-order valence-corrected chi connectivity index (χ4v) is 5.11. The first kappa shape index (κ1) is 22.5. The molecule has 0 unspecified atom stereocenters. The smallest absolute Gasteiger partial charge is 0.370 e. The summed E-state index contributed by atoms with van der Waals surface area (Å²) in [6.07, 6.45) is 3.54. The predicted octanol–water partition coefficient (Wildman–Crippen LogP) is 5.21. The zero-order valence-corrected chi connectivity index (χ0v) is 19.0. The van der Waals surface area contributed by atoms with Crippen LogP contribution in [0.4, 0.5) is 0 Å². The van der Waals surface area contributed by atoms with E-state index in [2.05, 4.69) is 0 Å². The van der Waals surface area contributed by atoms with Gasteiger partial charge in [-0.3, -0.25) is 4.79 Å². The summed E-state index contributed by atoms with van der Waals surface area (Å²) in [5.41, 5.74) is 2.29. The average Bonchev–Trinajstić information content (AvgIpc) is 3.17. The molecule has 0 radical (unpaired) electrons. The van der Waals surface area contributed by atoms with Gasteiger partial charge in [0, 0.05) is 11.1 Å². The zero-order valence-electron chi connectivity index (χ0n) is 18.1. The molecule has 162 valence electrons. The van der Waals surface area contributed by atoms with Gasteiger partial charge in [0.1, 0.15) is 0 Å². The van der Waals surface area contributed by atoms with Gasteiger partial charge in [-0.15, -0.1) is 0 Å². The molecule has 1 fully saturated rings. The Bertz CT molecular complexity index is 1020. The molecule has 0 amide bonds. The predicted molar refractivity (Wildman–Crippen MR) is 119 cm³/mol. The molecule has 6 heteroatoms. The van der Waals surface area contributed by atoms with Gasteiger partial charge in [-0.05, 0) is 35.8 Å². The monoisotopic (exact) mass is 429 g/mol. The summed E-state index contributed by atoms with van der Waals surface area (Å²) in [6.45, 7) is 7.80. The first-order valence-corrected chi connectivity index (χ1v) is 12.0. The Morgan fingerprint density at radius 3 is 2.07 bits per heavy atom. The minimum Gasteiger partial charge on any atom is -0.370 e. The highest BCUT2D eigenvalue weighted by atomic mass is 32.2.